The normalized spacial score (nSPS) is 15.1. The maximum absolute atomic E-state index is 6.93. The fourth-order valence-corrected chi connectivity index (χ4v) is 15.1. The lowest BCUT2D eigenvalue weighted by atomic mass is 10.3. The average Bonchev–Trinajstić information content (AvgIpc) is 3.25. The third kappa shape index (κ3) is 12.2. The SMILES string of the molecule is C[n+]1ccc(COP2(OCc3cc[n+](C)cc3)=NP(OCc3cc[n+](C)cc3)(OCc3cc[n+](C)cc3)=NP(OCc3cc[n+](C)cc3)(OCc3cc[n+](C)cc3)=N2)cc1. The molecule has 7 heterocycles. The Labute approximate surface area is 352 Å². The Morgan fingerprint density at radius 1 is 0.283 bits per heavy atom. The van der Waals surface area contributed by atoms with Crippen LogP contribution in [0.4, 0.5) is 0 Å². The smallest absolute Gasteiger partial charge is 0.301 e. The van der Waals surface area contributed by atoms with Crippen LogP contribution in [0.1, 0.15) is 33.4 Å². The van der Waals surface area contributed by atoms with Crippen molar-refractivity contribution in [3.63, 3.8) is 0 Å². The number of hydrogen-bond acceptors (Lipinski definition) is 9. The van der Waals surface area contributed by atoms with E-state index < -0.39 is 23.0 Å². The summed E-state index contributed by atoms with van der Waals surface area (Å²) < 4.78 is 69.4. The van der Waals surface area contributed by atoms with Crippen molar-refractivity contribution in [1.82, 2.24) is 0 Å². The maximum atomic E-state index is 6.93. The van der Waals surface area contributed by atoms with Crippen LogP contribution in [-0.2, 0) is 109 Å². The maximum Gasteiger partial charge on any atom is 0.349 e. The van der Waals surface area contributed by atoms with E-state index in [1.807, 2.05) is 217 Å². The Bertz CT molecular complexity index is 2070. The molecule has 0 radical (unpaired) electrons. The molecule has 0 bridgehead atoms. The first kappa shape index (κ1) is 43.4. The van der Waals surface area contributed by atoms with Crippen LogP contribution in [-0.4, -0.2) is 0 Å². The molecule has 0 aromatic carbocycles. The first-order valence-electron chi connectivity index (χ1n) is 19.4. The van der Waals surface area contributed by atoms with Gasteiger partial charge in [0.25, 0.3) is 0 Å². The van der Waals surface area contributed by atoms with Crippen molar-refractivity contribution in [2.45, 2.75) is 39.6 Å². The van der Waals surface area contributed by atoms with E-state index in [-0.39, 0.29) is 39.6 Å². The molecule has 6 aromatic rings. The monoisotopic (exact) mass is 873 g/mol. The first-order valence-corrected chi connectivity index (χ1v) is 24.0. The number of rotatable bonds is 18. The van der Waals surface area contributed by atoms with Gasteiger partial charge in [-0.15, -0.1) is 13.5 Å². The Hall–Kier alpha value is -4.65. The molecule has 0 atom stereocenters. The zero-order valence-electron chi connectivity index (χ0n) is 34.9. The summed E-state index contributed by atoms with van der Waals surface area (Å²) in [6.45, 7) is 0.751. The van der Waals surface area contributed by atoms with Crippen molar-refractivity contribution in [2.75, 3.05) is 0 Å². The van der Waals surface area contributed by atoms with Crippen molar-refractivity contribution < 1.29 is 54.5 Å². The summed E-state index contributed by atoms with van der Waals surface area (Å²) in [6.07, 6.45) is 23.6. The van der Waals surface area contributed by atoms with Gasteiger partial charge in [-0.3, -0.25) is 0 Å². The van der Waals surface area contributed by atoms with Crippen molar-refractivity contribution >= 4 is 23.0 Å². The third-order valence-electron chi connectivity index (χ3n) is 9.36. The highest BCUT2D eigenvalue weighted by Crippen LogP contribution is 2.81. The van der Waals surface area contributed by atoms with Crippen LogP contribution in [0.25, 0.3) is 0 Å². The molecule has 0 N–H and O–H groups in total. The standard InChI is InChI=1S/C42H54N9O6P3/c1-46-19-7-37(8-20-46)31-52-58(53-32-38-9-21-47(2)22-10-38)43-59(54-33-39-11-23-48(3)24-12-39,55-34-40-13-25-49(4)26-14-40)45-60(44-58,56-35-41-15-27-50(5)28-16-41)57-36-42-17-29-51(6)30-18-42/h7-30H,31-36H2,1-6H3/q+6. The molecule has 18 heteroatoms. The number of aromatic nitrogens is 6. The highest BCUT2D eigenvalue weighted by atomic mass is 31.3. The van der Waals surface area contributed by atoms with E-state index in [2.05, 4.69) is 0 Å². The van der Waals surface area contributed by atoms with Gasteiger partial charge in [0.15, 0.2) is 74.4 Å². The van der Waals surface area contributed by atoms with Crippen molar-refractivity contribution in [3.8, 4) is 0 Å². The summed E-state index contributed by atoms with van der Waals surface area (Å²) in [4.78, 5) is 0. The van der Waals surface area contributed by atoms with E-state index in [4.69, 9.17) is 40.7 Å². The summed E-state index contributed by atoms with van der Waals surface area (Å²) >= 11 is 0. The molecule has 15 nitrogen and oxygen atoms in total. The van der Waals surface area contributed by atoms with Gasteiger partial charge in [-0.1, -0.05) is 0 Å². The predicted molar refractivity (Wildman–Crippen MR) is 222 cm³/mol. The van der Waals surface area contributed by atoms with Gasteiger partial charge in [-0.05, 0) is 33.4 Å². The minimum absolute atomic E-state index is 0.125. The second-order valence-corrected chi connectivity index (χ2v) is 21.3. The number of aryl methyl sites for hydroxylation is 6. The number of pyridine rings is 6. The Balaban J connectivity index is 1.42. The van der Waals surface area contributed by atoms with Crippen LogP contribution in [0.2, 0.25) is 0 Å². The van der Waals surface area contributed by atoms with Gasteiger partial charge >= 0.3 is 23.0 Å². The van der Waals surface area contributed by atoms with Crippen LogP contribution in [0, 0.1) is 0 Å². The van der Waals surface area contributed by atoms with Crippen LogP contribution in [0.3, 0.4) is 0 Å². The molecule has 1 aliphatic heterocycles. The van der Waals surface area contributed by atoms with Gasteiger partial charge in [0.1, 0.15) is 42.3 Å². The molecule has 1 aliphatic rings. The van der Waals surface area contributed by atoms with Crippen LogP contribution in [0.15, 0.2) is 161 Å². The van der Waals surface area contributed by atoms with E-state index >= 15 is 0 Å². The zero-order valence-corrected chi connectivity index (χ0v) is 37.6. The zero-order chi connectivity index (χ0) is 42.0. The largest absolute Gasteiger partial charge is 0.349 e. The van der Waals surface area contributed by atoms with Gasteiger partial charge in [0.05, 0.1) is 39.6 Å². The van der Waals surface area contributed by atoms with E-state index in [1.165, 1.54) is 0 Å². The van der Waals surface area contributed by atoms with Gasteiger partial charge in [-0.2, -0.15) is 0 Å². The van der Waals surface area contributed by atoms with Gasteiger partial charge < -0.3 is 27.1 Å². The first-order chi connectivity index (χ1) is 29.0. The van der Waals surface area contributed by atoms with E-state index in [0.29, 0.717) is 0 Å². The molecule has 0 saturated heterocycles. The second kappa shape index (κ2) is 19.8. The van der Waals surface area contributed by atoms with Crippen LogP contribution < -0.4 is 27.4 Å². The average molecular weight is 874 g/mol. The van der Waals surface area contributed by atoms with E-state index in [1.54, 1.807) is 0 Å². The fraction of sp³-hybridized carbons (Fsp3) is 0.286. The lowest BCUT2D eigenvalue weighted by Crippen LogP contribution is -2.26. The molecular formula is C42H54N9O6P3+6. The molecule has 0 aliphatic carbocycles. The molecule has 6 aromatic heterocycles. The Morgan fingerprint density at radius 3 is 0.550 bits per heavy atom. The molecular weight excluding hydrogens is 819 g/mol. The molecule has 0 saturated carbocycles. The lowest BCUT2D eigenvalue weighted by molar-refractivity contribution is -0.671. The van der Waals surface area contributed by atoms with Gasteiger partial charge in [0, 0.05) is 72.8 Å². The summed E-state index contributed by atoms with van der Waals surface area (Å²) in [5, 5.41) is 0. The highest BCUT2D eigenvalue weighted by Gasteiger charge is 2.44. The van der Waals surface area contributed by atoms with Crippen LogP contribution >= 0.6 is 23.0 Å². The molecule has 312 valence electrons. The highest BCUT2D eigenvalue weighted by molar-refractivity contribution is 7.78. The van der Waals surface area contributed by atoms with Gasteiger partial charge in [0.2, 0.25) is 0 Å². The van der Waals surface area contributed by atoms with Gasteiger partial charge in [-0.25, -0.2) is 27.4 Å². The van der Waals surface area contributed by atoms with Crippen molar-refractivity contribution in [1.29, 1.82) is 0 Å². The summed E-state index contributed by atoms with van der Waals surface area (Å²) in [7, 11) is 0.468. The molecule has 0 spiro atoms. The van der Waals surface area contributed by atoms with E-state index in [9.17, 15) is 0 Å². The summed E-state index contributed by atoms with van der Waals surface area (Å²) in [6, 6.07) is 23.9. The lowest BCUT2D eigenvalue weighted by Gasteiger charge is -2.33. The molecule has 7 rings (SSSR count). The third-order valence-corrected chi connectivity index (χ3v) is 17.6. The van der Waals surface area contributed by atoms with Crippen LogP contribution in [0.5, 0.6) is 0 Å². The Morgan fingerprint density at radius 2 is 0.417 bits per heavy atom. The topological polar surface area (TPSA) is 116 Å². The van der Waals surface area contributed by atoms with Crippen molar-refractivity contribution in [2.24, 2.45) is 55.8 Å². The minimum Gasteiger partial charge on any atom is -0.301 e. The molecule has 0 unspecified atom stereocenters. The molecule has 0 amide bonds. The quantitative estimate of drug-likeness (QED) is 0.0764. The summed E-state index contributed by atoms with van der Waals surface area (Å²) in [5.41, 5.74) is 5.39. The number of nitrogens with zero attached hydrogens (tertiary/aromatic N) is 9. The predicted octanol–water partition coefficient (Wildman–Crippen LogP) is 6.09. The Kier molecular flexibility index (Phi) is 14.3. The van der Waals surface area contributed by atoms with E-state index in [0.717, 1.165) is 33.4 Å². The second-order valence-electron chi connectivity index (χ2n) is 14.6. The van der Waals surface area contributed by atoms with Crippen molar-refractivity contribution in [3.05, 3.63) is 181 Å². The minimum atomic E-state index is -3.78. The molecule has 0 fully saturated rings. The number of hydrogen-bond donors (Lipinski definition) is 0. The summed E-state index contributed by atoms with van der Waals surface area (Å²) in [5.74, 6) is 0. The molecule has 60 heavy (non-hydrogen) atoms. The fourth-order valence-electron chi connectivity index (χ4n) is 5.62.